The number of rotatable bonds is 3. The summed E-state index contributed by atoms with van der Waals surface area (Å²) in [6.45, 7) is 0. The van der Waals surface area contributed by atoms with Crippen LogP contribution in [-0.2, 0) is 10.1 Å². The average Bonchev–Trinajstić information content (AvgIpc) is 2.15. The lowest BCUT2D eigenvalue weighted by atomic mass is 10.1. The minimum atomic E-state index is -4.64. The molecule has 0 aromatic heterocycles. The molecule has 0 fully saturated rings. The smallest absolute Gasteiger partial charge is 0.335 e. The van der Waals surface area contributed by atoms with Crippen LogP contribution in [0.15, 0.2) is 23.1 Å². The van der Waals surface area contributed by atoms with Gasteiger partial charge in [0, 0.05) is 0 Å². The second-order valence-corrected chi connectivity index (χ2v) is 4.25. The highest BCUT2D eigenvalue weighted by atomic mass is 32.2. The SMILES string of the molecule is N.O=C(O)c1cc(C(=O)O)cc(S(=O)(=O)O)c1. The zero-order chi connectivity index (χ0) is 12.5. The van der Waals surface area contributed by atoms with E-state index in [1.165, 1.54) is 0 Å². The highest BCUT2D eigenvalue weighted by Gasteiger charge is 2.17. The molecule has 0 aliphatic heterocycles. The Labute approximate surface area is 95.8 Å². The van der Waals surface area contributed by atoms with Gasteiger partial charge in [0.1, 0.15) is 0 Å². The Morgan fingerprint density at radius 2 is 1.29 bits per heavy atom. The van der Waals surface area contributed by atoms with Gasteiger partial charge in [-0.2, -0.15) is 8.42 Å². The van der Waals surface area contributed by atoms with Crippen LogP contribution in [0.4, 0.5) is 0 Å². The van der Waals surface area contributed by atoms with E-state index < -0.39 is 38.1 Å². The summed E-state index contributed by atoms with van der Waals surface area (Å²) in [5.41, 5.74) is -1.07. The van der Waals surface area contributed by atoms with Gasteiger partial charge in [0.15, 0.2) is 0 Å². The van der Waals surface area contributed by atoms with Crippen molar-refractivity contribution in [3.8, 4) is 0 Å². The summed E-state index contributed by atoms with van der Waals surface area (Å²) in [6.07, 6.45) is 0. The molecule has 0 unspecified atom stereocenters. The number of benzene rings is 1. The van der Waals surface area contributed by atoms with Crippen LogP contribution in [0.3, 0.4) is 0 Å². The van der Waals surface area contributed by atoms with Gasteiger partial charge in [-0.3, -0.25) is 4.55 Å². The second-order valence-electron chi connectivity index (χ2n) is 2.83. The third kappa shape index (κ3) is 3.52. The minimum Gasteiger partial charge on any atom is -0.478 e. The molecule has 94 valence electrons. The van der Waals surface area contributed by atoms with Crippen molar-refractivity contribution in [3.05, 3.63) is 29.3 Å². The monoisotopic (exact) mass is 263 g/mol. The Balaban J connectivity index is 0.00000256. The van der Waals surface area contributed by atoms with E-state index in [-0.39, 0.29) is 6.15 Å². The maximum Gasteiger partial charge on any atom is 0.335 e. The van der Waals surface area contributed by atoms with Gasteiger partial charge in [-0.25, -0.2) is 9.59 Å². The largest absolute Gasteiger partial charge is 0.478 e. The standard InChI is InChI=1S/C8H6O7S.H3N/c9-7(10)4-1-5(8(11)12)3-6(2-4)16(13,14)15;/h1-3H,(H,9,10)(H,11,12)(H,13,14,15);1H3. The van der Waals surface area contributed by atoms with Crippen molar-refractivity contribution in [2.45, 2.75) is 4.90 Å². The second kappa shape index (κ2) is 4.91. The number of hydrogen-bond acceptors (Lipinski definition) is 5. The molecule has 1 rings (SSSR count). The fourth-order valence-corrected chi connectivity index (χ4v) is 1.55. The lowest BCUT2D eigenvalue weighted by molar-refractivity contribution is 0.0696. The first-order chi connectivity index (χ1) is 7.21. The molecule has 9 heteroatoms. The summed E-state index contributed by atoms with van der Waals surface area (Å²) in [5, 5.41) is 17.2. The minimum absolute atomic E-state index is 0. The molecule has 8 nitrogen and oxygen atoms in total. The van der Waals surface area contributed by atoms with Crippen LogP contribution in [0, 0.1) is 0 Å². The van der Waals surface area contributed by atoms with Crippen LogP contribution >= 0.6 is 0 Å². The van der Waals surface area contributed by atoms with Crippen LogP contribution in [0.1, 0.15) is 20.7 Å². The predicted octanol–water partition coefficient (Wildman–Crippen LogP) is 0.492. The molecule has 0 spiro atoms. The van der Waals surface area contributed by atoms with E-state index in [9.17, 15) is 18.0 Å². The summed E-state index contributed by atoms with van der Waals surface area (Å²) in [6, 6.07) is 2.13. The molecule has 1 aromatic carbocycles. The highest BCUT2D eigenvalue weighted by molar-refractivity contribution is 7.85. The molecule has 17 heavy (non-hydrogen) atoms. The number of carbonyl (C=O) groups is 2. The van der Waals surface area contributed by atoms with E-state index in [0.29, 0.717) is 12.1 Å². The molecular formula is C8H9NO7S. The molecule has 0 saturated carbocycles. The van der Waals surface area contributed by atoms with Crippen molar-refractivity contribution < 1.29 is 32.8 Å². The molecule has 0 amide bonds. The third-order valence-corrected chi connectivity index (χ3v) is 2.53. The number of aromatic carboxylic acids is 2. The van der Waals surface area contributed by atoms with E-state index >= 15 is 0 Å². The van der Waals surface area contributed by atoms with Gasteiger partial charge in [-0.1, -0.05) is 0 Å². The summed E-state index contributed by atoms with van der Waals surface area (Å²) >= 11 is 0. The van der Waals surface area contributed by atoms with Gasteiger partial charge in [0.05, 0.1) is 16.0 Å². The molecule has 0 bridgehead atoms. The van der Waals surface area contributed by atoms with Crippen molar-refractivity contribution in [3.63, 3.8) is 0 Å². The van der Waals surface area contributed by atoms with E-state index in [1.807, 2.05) is 0 Å². The van der Waals surface area contributed by atoms with Gasteiger partial charge in [0.2, 0.25) is 0 Å². The summed E-state index contributed by atoms with van der Waals surface area (Å²) < 4.78 is 30.2. The molecular weight excluding hydrogens is 254 g/mol. The first-order valence-corrected chi connectivity index (χ1v) is 5.25. The van der Waals surface area contributed by atoms with E-state index in [0.717, 1.165) is 6.07 Å². The summed E-state index contributed by atoms with van der Waals surface area (Å²) in [5.74, 6) is -2.99. The van der Waals surface area contributed by atoms with Gasteiger partial charge >= 0.3 is 11.9 Å². The fraction of sp³-hybridized carbons (Fsp3) is 0. The Morgan fingerprint density at radius 1 is 0.941 bits per heavy atom. The number of hydrogen-bond donors (Lipinski definition) is 4. The zero-order valence-corrected chi connectivity index (χ0v) is 9.14. The van der Waals surface area contributed by atoms with Crippen LogP contribution in [0.2, 0.25) is 0 Å². The van der Waals surface area contributed by atoms with Crippen molar-refractivity contribution >= 4 is 22.1 Å². The molecule has 0 saturated heterocycles. The van der Waals surface area contributed by atoms with E-state index in [1.54, 1.807) is 0 Å². The van der Waals surface area contributed by atoms with Crippen molar-refractivity contribution in [2.75, 3.05) is 0 Å². The van der Waals surface area contributed by atoms with Crippen LogP contribution in [-0.4, -0.2) is 35.1 Å². The number of carboxylic acids is 2. The molecule has 0 heterocycles. The first kappa shape index (κ1) is 15.0. The quantitative estimate of drug-likeness (QED) is 0.572. The molecule has 0 radical (unpaired) electrons. The fourth-order valence-electron chi connectivity index (χ4n) is 0.995. The van der Waals surface area contributed by atoms with Gasteiger partial charge in [-0.05, 0) is 18.2 Å². The number of carboxylic acid groups (broad SMARTS) is 2. The molecule has 0 aliphatic carbocycles. The Morgan fingerprint density at radius 3 is 1.53 bits per heavy atom. The highest BCUT2D eigenvalue weighted by Crippen LogP contribution is 2.15. The third-order valence-electron chi connectivity index (χ3n) is 1.70. The van der Waals surface area contributed by atoms with Gasteiger partial charge in [0.25, 0.3) is 10.1 Å². The van der Waals surface area contributed by atoms with Gasteiger partial charge < -0.3 is 16.4 Å². The van der Waals surface area contributed by atoms with Crippen LogP contribution < -0.4 is 6.15 Å². The predicted molar refractivity (Wildman–Crippen MR) is 55.2 cm³/mol. The topological polar surface area (TPSA) is 164 Å². The molecule has 0 atom stereocenters. The first-order valence-electron chi connectivity index (χ1n) is 3.81. The average molecular weight is 263 g/mol. The summed E-state index contributed by atoms with van der Waals surface area (Å²) in [7, 11) is -4.64. The maximum atomic E-state index is 10.8. The summed E-state index contributed by atoms with van der Waals surface area (Å²) in [4.78, 5) is 20.4. The van der Waals surface area contributed by atoms with Crippen LogP contribution in [0.5, 0.6) is 0 Å². The van der Waals surface area contributed by atoms with Crippen molar-refractivity contribution in [2.24, 2.45) is 0 Å². The van der Waals surface area contributed by atoms with E-state index in [2.05, 4.69) is 0 Å². The zero-order valence-electron chi connectivity index (χ0n) is 8.32. The van der Waals surface area contributed by atoms with Crippen LogP contribution in [0.25, 0.3) is 0 Å². The van der Waals surface area contributed by atoms with Gasteiger partial charge in [-0.15, -0.1) is 0 Å². The Kier molecular flexibility index (Phi) is 4.34. The Hall–Kier alpha value is -1.97. The lowest BCUT2D eigenvalue weighted by Gasteiger charge is -2.02. The van der Waals surface area contributed by atoms with E-state index in [4.69, 9.17) is 14.8 Å². The molecule has 6 N–H and O–H groups in total. The lowest BCUT2D eigenvalue weighted by Crippen LogP contribution is -2.07. The molecule has 0 aliphatic rings. The normalized spacial score (nSPS) is 10.4. The Bertz CT molecular complexity index is 531. The maximum absolute atomic E-state index is 10.8. The van der Waals surface area contributed by atoms with Crippen molar-refractivity contribution in [1.82, 2.24) is 6.15 Å². The molecule has 1 aromatic rings. The van der Waals surface area contributed by atoms with Crippen molar-refractivity contribution in [1.29, 1.82) is 0 Å².